The average molecular weight is 262 g/mol. The topological polar surface area (TPSA) is 29.5 Å². The monoisotopic (exact) mass is 261 g/mol. The van der Waals surface area contributed by atoms with Crippen LogP contribution in [0.15, 0.2) is 0 Å². The van der Waals surface area contributed by atoms with Crippen LogP contribution < -0.4 is 0 Å². The summed E-state index contributed by atoms with van der Waals surface area (Å²) in [6.45, 7) is 0.212. The van der Waals surface area contributed by atoms with Gasteiger partial charge in [0.2, 0.25) is 5.91 Å². The standard InChI is InChI=1S/C9H15ClF3NO2/c1-7(10)3-4-14(2)8(15)5-16-6-9(11,12)13/h7H,3-6H2,1-2H3. The summed E-state index contributed by atoms with van der Waals surface area (Å²) >= 11 is 5.67. The van der Waals surface area contributed by atoms with Gasteiger partial charge in [-0.25, -0.2) is 0 Å². The van der Waals surface area contributed by atoms with Gasteiger partial charge < -0.3 is 9.64 Å². The van der Waals surface area contributed by atoms with Crippen LogP contribution in [-0.2, 0) is 9.53 Å². The van der Waals surface area contributed by atoms with Gasteiger partial charge in [0.15, 0.2) is 0 Å². The molecule has 0 aromatic heterocycles. The Morgan fingerprint density at radius 1 is 1.50 bits per heavy atom. The molecule has 0 radical (unpaired) electrons. The first-order valence-electron chi connectivity index (χ1n) is 4.75. The molecule has 0 heterocycles. The number of likely N-dealkylation sites (N-methyl/N-ethyl adjacent to an activating group) is 1. The number of rotatable bonds is 6. The van der Waals surface area contributed by atoms with Gasteiger partial charge in [-0.2, -0.15) is 13.2 Å². The van der Waals surface area contributed by atoms with Gasteiger partial charge in [-0.05, 0) is 13.3 Å². The first-order valence-corrected chi connectivity index (χ1v) is 5.18. The van der Waals surface area contributed by atoms with Crippen LogP contribution in [0.4, 0.5) is 13.2 Å². The highest BCUT2D eigenvalue weighted by Crippen LogP contribution is 2.14. The van der Waals surface area contributed by atoms with Crippen LogP contribution in [0.5, 0.6) is 0 Å². The highest BCUT2D eigenvalue weighted by Gasteiger charge is 2.28. The van der Waals surface area contributed by atoms with Crippen LogP contribution in [0, 0.1) is 0 Å². The molecule has 0 N–H and O–H groups in total. The van der Waals surface area contributed by atoms with Crippen LogP contribution in [0.1, 0.15) is 13.3 Å². The summed E-state index contributed by atoms with van der Waals surface area (Å²) in [7, 11) is 1.50. The molecule has 0 aromatic carbocycles. The molecule has 16 heavy (non-hydrogen) atoms. The van der Waals surface area contributed by atoms with E-state index in [1.165, 1.54) is 11.9 Å². The summed E-state index contributed by atoms with van der Waals surface area (Å²) < 4.78 is 39.3. The molecule has 1 amide bonds. The van der Waals surface area contributed by atoms with Crippen LogP contribution in [-0.4, -0.2) is 49.2 Å². The zero-order valence-corrected chi connectivity index (χ0v) is 9.94. The van der Waals surface area contributed by atoms with Crippen LogP contribution in [0.2, 0.25) is 0 Å². The van der Waals surface area contributed by atoms with E-state index in [2.05, 4.69) is 4.74 Å². The third-order valence-corrected chi connectivity index (χ3v) is 2.00. The Labute approximate surface area is 97.5 Å². The first-order chi connectivity index (χ1) is 7.22. The highest BCUT2D eigenvalue weighted by molar-refractivity contribution is 6.20. The predicted molar refractivity (Wildman–Crippen MR) is 54.4 cm³/mol. The van der Waals surface area contributed by atoms with E-state index in [-0.39, 0.29) is 5.38 Å². The molecule has 1 atom stereocenters. The lowest BCUT2D eigenvalue weighted by Crippen LogP contribution is -2.33. The Morgan fingerprint density at radius 2 is 2.06 bits per heavy atom. The Morgan fingerprint density at radius 3 is 2.50 bits per heavy atom. The molecule has 0 aromatic rings. The fourth-order valence-corrected chi connectivity index (χ4v) is 0.958. The normalized spacial score (nSPS) is 13.6. The van der Waals surface area contributed by atoms with Gasteiger partial charge >= 0.3 is 6.18 Å². The Bertz CT molecular complexity index is 221. The average Bonchev–Trinajstić information content (AvgIpc) is 2.11. The van der Waals surface area contributed by atoms with Crippen molar-refractivity contribution < 1.29 is 22.7 Å². The molecule has 0 saturated heterocycles. The van der Waals surface area contributed by atoms with Gasteiger partial charge in [-0.1, -0.05) is 0 Å². The van der Waals surface area contributed by atoms with Crippen molar-refractivity contribution in [1.82, 2.24) is 4.90 Å². The molecule has 7 heteroatoms. The molecule has 0 rings (SSSR count). The zero-order valence-electron chi connectivity index (χ0n) is 9.18. The fraction of sp³-hybridized carbons (Fsp3) is 0.889. The number of hydrogen-bond acceptors (Lipinski definition) is 2. The number of halogens is 4. The maximum atomic E-state index is 11.7. The van der Waals surface area contributed by atoms with Crippen molar-refractivity contribution >= 4 is 17.5 Å². The minimum absolute atomic E-state index is 0.0775. The number of carbonyl (C=O) groups is 1. The zero-order chi connectivity index (χ0) is 12.8. The minimum Gasteiger partial charge on any atom is -0.362 e. The number of nitrogens with zero attached hydrogens (tertiary/aromatic N) is 1. The van der Waals surface area contributed by atoms with Crippen LogP contribution in [0.25, 0.3) is 0 Å². The predicted octanol–water partition coefficient (Wildman–Crippen LogP) is 2.04. The van der Waals surface area contributed by atoms with Gasteiger partial charge in [0, 0.05) is 19.0 Å². The maximum Gasteiger partial charge on any atom is 0.411 e. The van der Waals surface area contributed by atoms with Crippen molar-refractivity contribution in [3.8, 4) is 0 Å². The second-order valence-corrected chi connectivity index (χ2v) is 4.24. The fourth-order valence-electron chi connectivity index (χ4n) is 0.861. The van der Waals surface area contributed by atoms with Gasteiger partial charge in [0.1, 0.15) is 13.2 Å². The maximum absolute atomic E-state index is 11.7. The first kappa shape index (κ1) is 15.5. The molecule has 1 unspecified atom stereocenters. The van der Waals surface area contributed by atoms with Crippen molar-refractivity contribution in [1.29, 1.82) is 0 Å². The molecular weight excluding hydrogens is 247 g/mol. The van der Waals surface area contributed by atoms with E-state index in [9.17, 15) is 18.0 Å². The van der Waals surface area contributed by atoms with Crippen molar-refractivity contribution in [3.63, 3.8) is 0 Å². The number of alkyl halides is 4. The van der Waals surface area contributed by atoms with Crippen molar-refractivity contribution in [2.24, 2.45) is 0 Å². The second kappa shape index (κ2) is 6.96. The van der Waals surface area contributed by atoms with Gasteiger partial charge in [0.25, 0.3) is 0 Å². The van der Waals surface area contributed by atoms with Crippen molar-refractivity contribution in [2.75, 3.05) is 26.8 Å². The third-order valence-electron chi connectivity index (χ3n) is 1.78. The molecule has 0 aliphatic heterocycles. The molecule has 3 nitrogen and oxygen atoms in total. The Balaban J connectivity index is 3.71. The number of hydrogen-bond donors (Lipinski definition) is 0. The number of amides is 1. The van der Waals surface area contributed by atoms with Crippen LogP contribution >= 0.6 is 11.6 Å². The molecule has 0 aliphatic carbocycles. The molecule has 0 bridgehead atoms. The van der Waals surface area contributed by atoms with E-state index in [1.54, 1.807) is 6.92 Å². The summed E-state index contributed by atoms with van der Waals surface area (Å²) in [5, 5.41) is -0.0775. The minimum atomic E-state index is -4.40. The summed E-state index contributed by atoms with van der Waals surface area (Å²) in [5.74, 6) is -0.485. The number of carbonyl (C=O) groups excluding carboxylic acids is 1. The van der Waals surface area contributed by atoms with Crippen molar-refractivity contribution in [3.05, 3.63) is 0 Å². The Kier molecular flexibility index (Phi) is 6.74. The second-order valence-electron chi connectivity index (χ2n) is 3.49. The van der Waals surface area contributed by atoms with Crippen molar-refractivity contribution in [2.45, 2.75) is 24.9 Å². The van der Waals surface area contributed by atoms with E-state index in [0.29, 0.717) is 13.0 Å². The van der Waals surface area contributed by atoms with Gasteiger partial charge in [0.05, 0.1) is 0 Å². The quantitative estimate of drug-likeness (QED) is 0.685. The lowest BCUT2D eigenvalue weighted by molar-refractivity contribution is -0.177. The SMILES string of the molecule is CC(Cl)CCN(C)C(=O)COCC(F)(F)F. The molecule has 0 spiro atoms. The molecule has 96 valence electrons. The summed E-state index contributed by atoms with van der Waals surface area (Å²) in [5.41, 5.74) is 0. The third kappa shape index (κ3) is 8.79. The largest absolute Gasteiger partial charge is 0.411 e. The summed E-state index contributed by atoms with van der Waals surface area (Å²) in [4.78, 5) is 12.5. The highest BCUT2D eigenvalue weighted by atomic mass is 35.5. The lowest BCUT2D eigenvalue weighted by atomic mass is 10.3. The van der Waals surface area contributed by atoms with E-state index >= 15 is 0 Å². The smallest absolute Gasteiger partial charge is 0.362 e. The van der Waals surface area contributed by atoms with Gasteiger partial charge in [-0.15, -0.1) is 11.6 Å². The summed E-state index contributed by atoms with van der Waals surface area (Å²) in [6.07, 6.45) is -3.81. The van der Waals surface area contributed by atoms with E-state index in [0.717, 1.165) is 0 Å². The summed E-state index contributed by atoms with van der Waals surface area (Å²) in [6, 6.07) is 0. The molecule has 0 saturated carbocycles. The molecule has 0 aliphatic rings. The number of ether oxygens (including phenoxy) is 1. The van der Waals surface area contributed by atoms with E-state index in [4.69, 9.17) is 11.6 Å². The molecule has 0 fully saturated rings. The van der Waals surface area contributed by atoms with Crippen LogP contribution in [0.3, 0.4) is 0 Å². The van der Waals surface area contributed by atoms with E-state index in [1.807, 2.05) is 0 Å². The van der Waals surface area contributed by atoms with Gasteiger partial charge in [-0.3, -0.25) is 4.79 Å². The molecular formula is C9H15ClF3NO2. The Hall–Kier alpha value is -0.490. The lowest BCUT2D eigenvalue weighted by Gasteiger charge is -2.18. The van der Waals surface area contributed by atoms with E-state index < -0.39 is 25.3 Å².